The van der Waals surface area contributed by atoms with Crippen LogP contribution in [0.25, 0.3) is 11.1 Å². The van der Waals surface area contributed by atoms with E-state index in [-0.39, 0.29) is 12.0 Å². The van der Waals surface area contributed by atoms with Crippen molar-refractivity contribution in [3.05, 3.63) is 36.7 Å². The van der Waals surface area contributed by atoms with Gasteiger partial charge in [-0.05, 0) is 12.0 Å². The molecule has 2 rings (SSSR count). The van der Waals surface area contributed by atoms with E-state index >= 15 is 0 Å². The molecule has 1 unspecified atom stereocenters. The van der Waals surface area contributed by atoms with Gasteiger partial charge in [0.2, 0.25) is 0 Å². The second-order valence-corrected chi connectivity index (χ2v) is 4.85. The van der Waals surface area contributed by atoms with E-state index in [9.17, 15) is 5.11 Å². The van der Waals surface area contributed by atoms with Crippen molar-refractivity contribution < 1.29 is 5.11 Å². The molecule has 0 aliphatic rings. The molecule has 1 heterocycles. The van der Waals surface area contributed by atoms with Gasteiger partial charge in [-0.2, -0.15) is 5.10 Å². The highest BCUT2D eigenvalue weighted by Crippen LogP contribution is 2.24. The van der Waals surface area contributed by atoms with Crippen LogP contribution in [0.1, 0.15) is 13.8 Å². The van der Waals surface area contributed by atoms with Gasteiger partial charge in [0, 0.05) is 23.0 Å². The topological polar surface area (TPSA) is 64.1 Å². The smallest absolute Gasteiger partial charge is 0.0758 e. The minimum absolute atomic E-state index is 0.222. The van der Waals surface area contributed by atoms with Crippen LogP contribution in [0.3, 0.4) is 0 Å². The van der Waals surface area contributed by atoms with Crippen LogP contribution in [0.4, 0.5) is 5.69 Å². The third-order valence-corrected chi connectivity index (χ3v) is 3.05. The molecule has 0 saturated heterocycles. The van der Waals surface area contributed by atoms with E-state index in [1.165, 1.54) is 0 Å². The van der Waals surface area contributed by atoms with Gasteiger partial charge in [-0.25, -0.2) is 0 Å². The van der Waals surface area contributed by atoms with Crippen LogP contribution in [-0.4, -0.2) is 21.0 Å². The van der Waals surface area contributed by atoms with Crippen molar-refractivity contribution in [2.45, 2.75) is 26.5 Å². The van der Waals surface area contributed by atoms with Gasteiger partial charge in [0.1, 0.15) is 0 Å². The van der Waals surface area contributed by atoms with Crippen molar-refractivity contribution in [2.24, 2.45) is 5.92 Å². The Kier molecular flexibility index (Phi) is 3.67. The fourth-order valence-electron chi connectivity index (χ4n) is 1.76. The van der Waals surface area contributed by atoms with Gasteiger partial charge in [-0.3, -0.25) is 4.68 Å². The van der Waals surface area contributed by atoms with Crippen molar-refractivity contribution in [3.63, 3.8) is 0 Å². The third kappa shape index (κ3) is 2.71. The van der Waals surface area contributed by atoms with Crippen LogP contribution in [-0.2, 0) is 6.54 Å². The predicted molar refractivity (Wildman–Crippen MR) is 72.9 cm³/mol. The summed E-state index contributed by atoms with van der Waals surface area (Å²) in [5.74, 6) is 0.222. The molecule has 1 atom stereocenters. The number of hydrogen-bond acceptors (Lipinski definition) is 3. The van der Waals surface area contributed by atoms with E-state index in [4.69, 9.17) is 5.73 Å². The minimum atomic E-state index is -0.383. The summed E-state index contributed by atoms with van der Waals surface area (Å²) in [6, 6.07) is 7.70. The van der Waals surface area contributed by atoms with Crippen molar-refractivity contribution in [2.75, 3.05) is 5.73 Å². The largest absolute Gasteiger partial charge is 0.398 e. The standard InChI is InChI=1S/C14H19N3O/c1-10(2)14(18)9-17-8-11(7-16-17)12-5-3-4-6-13(12)15/h3-8,10,14,18H,9,15H2,1-2H3. The van der Waals surface area contributed by atoms with Gasteiger partial charge in [0.05, 0.1) is 18.8 Å². The van der Waals surface area contributed by atoms with E-state index in [1.807, 2.05) is 44.3 Å². The Morgan fingerprint density at radius 3 is 2.72 bits per heavy atom. The molecule has 0 aliphatic carbocycles. The lowest BCUT2D eigenvalue weighted by Gasteiger charge is -2.13. The molecule has 4 heteroatoms. The Morgan fingerprint density at radius 1 is 1.33 bits per heavy atom. The monoisotopic (exact) mass is 245 g/mol. The summed E-state index contributed by atoms with van der Waals surface area (Å²) >= 11 is 0. The number of aromatic nitrogens is 2. The van der Waals surface area contributed by atoms with Crippen LogP contribution in [0.15, 0.2) is 36.7 Å². The first-order valence-electron chi connectivity index (χ1n) is 6.13. The van der Waals surface area contributed by atoms with Gasteiger partial charge in [-0.15, -0.1) is 0 Å². The summed E-state index contributed by atoms with van der Waals surface area (Å²) in [7, 11) is 0. The molecule has 0 bridgehead atoms. The zero-order valence-corrected chi connectivity index (χ0v) is 10.7. The second kappa shape index (κ2) is 5.23. The maximum atomic E-state index is 9.83. The number of aliphatic hydroxyl groups is 1. The molecule has 0 spiro atoms. The van der Waals surface area contributed by atoms with Gasteiger partial charge in [0.25, 0.3) is 0 Å². The molecule has 3 N–H and O–H groups in total. The lowest BCUT2D eigenvalue weighted by atomic mass is 10.1. The van der Waals surface area contributed by atoms with Crippen molar-refractivity contribution in [1.29, 1.82) is 0 Å². The van der Waals surface area contributed by atoms with Crippen LogP contribution < -0.4 is 5.73 Å². The number of anilines is 1. The van der Waals surface area contributed by atoms with Gasteiger partial charge >= 0.3 is 0 Å². The SMILES string of the molecule is CC(C)C(O)Cn1cc(-c2ccccc2N)cn1. The molecule has 0 aliphatic heterocycles. The average molecular weight is 245 g/mol. The number of nitrogens with zero attached hydrogens (tertiary/aromatic N) is 2. The number of aliphatic hydroxyl groups excluding tert-OH is 1. The lowest BCUT2D eigenvalue weighted by Crippen LogP contribution is -2.21. The molecular weight excluding hydrogens is 226 g/mol. The number of nitrogens with two attached hydrogens (primary N) is 1. The summed E-state index contributed by atoms with van der Waals surface area (Å²) in [6.07, 6.45) is 3.31. The summed E-state index contributed by atoms with van der Waals surface area (Å²) in [5.41, 5.74) is 8.61. The quantitative estimate of drug-likeness (QED) is 0.811. The number of rotatable bonds is 4. The number of para-hydroxylation sites is 1. The molecule has 1 aromatic heterocycles. The Hall–Kier alpha value is -1.81. The van der Waals surface area contributed by atoms with Crippen molar-refractivity contribution >= 4 is 5.69 Å². The minimum Gasteiger partial charge on any atom is -0.398 e. The van der Waals surface area contributed by atoms with Crippen molar-refractivity contribution in [1.82, 2.24) is 9.78 Å². The van der Waals surface area contributed by atoms with E-state index < -0.39 is 0 Å². The fourth-order valence-corrected chi connectivity index (χ4v) is 1.76. The Bertz CT molecular complexity index is 519. The first kappa shape index (κ1) is 12.6. The lowest BCUT2D eigenvalue weighted by molar-refractivity contribution is 0.103. The maximum absolute atomic E-state index is 9.83. The Morgan fingerprint density at radius 2 is 2.06 bits per heavy atom. The zero-order chi connectivity index (χ0) is 13.1. The Labute approximate surface area is 107 Å². The molecule has 4 nitrogen and oxygen atoms in total. The van der Waals surface area contributed by atoms with Crippen LogP contribution >= 0.6 is 0 Å². The van der Waals surface area contributed by atoms with Gasteiger partial charge in [0.15, 0.2) is 0 Å². The molecule has 0 fully saturated rings. The van der Waals surface area contributed by atoms with Crippen molar-refractivity contribution in [3.8, 4) is 11.1 Å². The van der Waals surface area contributed by atoms with E-state index in [2.05, 4.69) is 5.10 Å². The normalized spacial score (nSPS) is 12.9. The summed E-state index contributed by atoms with van der Waals surface area (Å²) in [6.45, 7) is 4.49. The number of benzene rings is 1. The molecule has 0 radical (unpaired) electrons. The number of hydrogen-bond donors (Lipinski definition) is 2. The maximum Gasteiger partial charge on any atom is 0.0758 e. The fraction of sp³-hybridized carbons (Fsp3) is 0.357. The third-order valence-electron chi connectivity index (χ3n) is 3.05. The predicted octanol–water partition coefficient (Wildman–Crippen LogP) is 2.15. The highest BCUT2D eigenvalue weighted by Gasteiger charge is 2.11. The molecular formula is C14H19N3O. The molecule has 18 heavy (non-hydrogen) atoms. The van der Waals surface area contributed by atoms with Gasteiger partial charge < -0.3 is 10.8 Å². The summed E-state index contributed by atoms with van der Waals surface area (Å²) in [5, 5.41) is 14.1. The first-order valence-corrected chi connectivity index (χ1v) is 6.13. The molecule has 1 aromatic carbocycles. The van der Waals surface area contributed by atoms with E-state index in [1.54, 1.807) is 10.9 Å². The average Bonchev–Trinajstić information content (AvgIpc) is 2.77. The highest BCUT2D eigenvalue weighted by atomic mass is 16.3. The number of nitrogen functional groups attached to an aromatic ring is 1. The van der Waals surface area contributed by atoms with Crippen LogP contribution in [0.2, 0.25) is 0 Å². The summed E-state index contributed by atoms with van der Waals surface area (Å²) < 4.78 is 1.76. The molecule has 0 saturated carbocycles. The van der Waals surface area contributed by atoms with Crippen LogP contribution in [0, 0.1) is 5.92 Å². The second-order valence-electron chi connectivity index (χ2n) is 4.85. The first-order chi connectivity index (χ1) is 8.58. The van der Waals surface area contributed by atoms with Gasteiger partial charge in [-0.1, -0.05) is 32.0 Å². The van der Waals surface area contributed by atoms with E-state index in [0.29, 0.717) is 6.54 Å². The molecule has 0 amide bonds. The van der Waals surface area contributed by atoms with Crippen LogP contribution in [0.5, 0.6) is 0 Å². The highest BCUT2D eigenvalue weighted by molar-refractivity contribution is 5.75. The van der Waals surface area contributed by atoms with E-state index in [0.717, 1.165) is 16.8 Å². The molecule has 2 aromatic rings. The molecule has 96 valence electrons. The summed E-state index contributed by atoms with van der Waals surface area (Å²) in [4.78, 5) is 0. The zero-order valence-electron chi connectivity index (χ0n) is 10.7. The Balaban J connectivity index is 2.18.